The van der Waals surface area contributed by atoms with Gasteiger partial charge in [0.15, 0.2) is 5.69 Å². The number of carbonyl (C=O) groups is 1. The van der Waals surface area contributed by atoms with Gasteiger partial charge in [0.1, 0.15) is 6.20 Å². The van der Waals surface area contributed by atoms with E-state index in [1.807, 2.05) is 0 Å². The highest BCUT2D eigenvalue weighted by atomic mass is 35.5. The second kappa shape index (κ2) is 3.36. The summed E-state index contributed by atoms with van der Waals surface area (Å²) in [4.78, 5) is 23.2. The molecule has 1 N–H and O–H groups in total. The van der Waals surface area contributed by atoms with Crippen molar-refractivity contribution in [3.63, 3.8) is 0 Å². The lowest BCUT2D eigenvalue weighted by molar-refractivity contribution is -0.385. The number of hydrogen-bond acceptors (Lipinski definition) is 4. The molecule has 0 spiro atoms. The molecule has 0 aliphatic heterocycles. The third kappa shape index (κ3) is 1.91. The van der Waals surface area contributed by atoms with Gasteiger partial charge in [-0.15, -0.1) is 0 Å². The Morgan fingerprint density at radius 3 is 2.69 bits per heavy atom. The van der Waals surface area contributed by atoms with Crippen LogP contribution in [0.15, 0.2) is 12.3 Å². The Labute approximate surface area is 76.9 Å². The summed E-state index contributed by atoms with van der Waals surface area (Å²) in [5, 5.41) is 18.4. The van der Waals surface area contributed by atoms with Gasteiger partial charge in [-0.3, -0.25) is 10.1 Å². The van der Waals surface area contributed by atoms with E-state index in [0.717, 1.165) is 12.3 Å². The van der Waals surface area contributed by atoms with Gasteiger partial charge < -0.3 is 5.11 Å². The van der Waals surface area contributed by atoms with Gasteiger partial charge in [-0.1, -0.05) is 11.6 Å². The van der Waals surface area contributed by atoms with E-state index in [1.165, 1.54) is 0 Å². The molecule has 1 rings (SSSR count). The summed E-state index contributed by atoms with van der Waals surface area (Å²) in [6, 6.07) is 0.942. The van der Waals surface area contributed by atoms with Crippen molar-refractivity contribution in [3.05, 3.63) is 33.1 Å². The molecule has 0 aromatic carbocycles. The lowest BCUT2D eigenvalue weighted by Crippen LogP contribution is -2.02. The first-order valence-corrected chi connectivity index (χ1v) is 3.43. The van der Waals surface area contributed by atoms with Crippen LogP contribution in [0, 0.1) is 10.1 Å². The normalized spacial score (nSPS) is 9.62. The van der Waals surface area contributed by atoms with Crippen LogP contribution >= 0.6 is 11.6 Å². The number of aromatic carboxylic acids is 1. The zero-order valence-electron chi connectivity index (χ0n) is 6.10. The Kier molecular flexibility index (Phi) is 2.43. The molecule has 0 atom stereocenters. The molecule has 13 heavy (non-hydrogen) atoms. The minimum atomic E-state index is -1.32. The second-order valence-electron chi connectivity index (χ2n) is 2.09. The molecule has 0 fully saturated rings. The third-order valence-corrected chi connectivity index (χ3v) is 1.53. The highest BCUT2D eigenvalue weighted by molar-refractivity contribution is 6.33. The molecule has 1 heterocycles. The number of carboxylic acids is 1. The molecule has 6 nitrogen and oxygen atoms in total. The number of pyridine rings is 1. The lowest BCUT2D eigenvalue weighted by atomic mass is 10.3. The lowest BCUT2D eigenvalue weighted by Gasteiger charge is -1.96. The predicted octanol–water partition coefficient (Wildman–Crippen LogP) is 1.34. The first kappa shape index (κ1) is 9.40. The van der Waals surface area contributed by atoms with Gasteiger partial charge in [0.2, 0.25) is 0 Å². The molecule has 7 heteroatoms. The summed E-state index contributed by atoms with van der Waals surface area (Å²) in [5.41, 5.74) is -0.734. The molecule has 0 bridgehead atoms. The van der Waals surface area contributed by atoms with Crippen LogP contribution in [0.4, 0.5) is 5.69 Å². The maximum atomic E-state index is 10.4. The largest absolute Gasteiger partial charge is 0.476 e. The van der Waals surface area contributed by atoms with E-state index in [4.69, 9.17) is 16.7 Å². The van der Waals surface area contributed by atoms with Crippen LogP contribution in [0.1, 0.15) is 10.5 Å². The smallest absolute Gasteiger partial charge is 0.356 e. The molecule has 0 unspecified atom stereocenters. The molecule has 0 radical (unpaired) electrons. The fourth-order valence-electron chi connectivity index (χ4n) is 0.685. The first-order chi connectivity index (χ1) is 6.02. The number of nitrogens with zero attached hydrogens (tertiary/aromatic N) is 2. The third-order valence-electron chi connectivity index (χ3n) is 1.24. The van der Waals surface area contributed by atoms with Crippen molar-refractivity contribution in [2.24, 2.45) is 0 Å². The monoisotopic (exact) mass is 202 g/mol. The Morgan fingerprint density at radius 2 is 2.31 bits per heavy atom. The topological polar surface area (TPSA) is 93.3 Å². The van der Waals surface area contributed by atoms with E-state index in [2.05, 4.69) is 4.98 Å². The number of hydrogen-bond donors (Lipinski definition) is 1. The van der Waals surface area contributed by atoms with Gasteiger partial charge in [-0.05, 0) is 0 Å². The van der Waals surface area contributed by atoms with Gasteiger partial charge in [-0.25, -0.2) is 9.78 Å². The molecule has 0 saturated carbocycles. The highest BCUT2D eigenvalue weighted by Gasteiger charge is 2.15. The summed E-state index contributed by atoms with van der Waals surface area (Å²) in [6.45, 7) is 0. The minimum Gasteiger partial charge on any atom is -0.476 e. The second-order valence-corrected chi connectivity index (χ2v) is 2.49. The number of carboxylic acid groups (broad SMARTS) is 1. The van der Waals surface area contributed by atoms with Gasteiger partial charge >= 0.3 is 5.97 Å². The van der Waals surface area contributed by atoms with Crippen molar-refractivity contribution in [1.82, 2.24) is 4.98 Å². The van der Waals surface area contributed by atoms with Crippen molar-refractivity contribution in [1.29, 1.82) is 0 Å². The van der Waals surface area contributed by atoms with Crippen molar-refractivity contribution in [2.75, 3.05) is 0 Å². The van der Waals surface area contributed by atoms with Gasteiger partial charge in [-0.2, -0.15) is 0 Å². The van der Waals surface area contributed by atoms with Crippen molar-refractivity contribution >= 4 is 23.3 Å². The Hall–Kier alpha value is -1.69. The van der Waals surface area contributed by atoms with E-state index >= 15 is 0 Å². The Morgan fingerprint density at radius 1 is 1.69 bits per heavy atom. The van der Waals surface area contributed by atoms with Crippen LogP contribution in [-0.4, -0.2) is 21.0 Å². The molecule has 1 aromatic rings. The Balaban J connectivity index is 3.20. The molecule has 68 valence electrons. The van der Waals surface area contributed by atoms with E-state index < -0.39 is 16.6 Å². The molecule has 1 aromatic heterocycles. The average molecular weight is 203 g/mol. The van der Waals surface area contributed by atoms with E-state index in [9.17, 15) is 14.9 Å². The summed E-state index contributed by atoms with van der Waals surface area (Å²) >= 11 is 5.42. The van der Waals surface area contributed by atoms with Crippen LogP contribution in [0.25, 0.3) is 0 Å². The number of nitro groups is 1. The SMILES string of the molecule is O=C(O)c1ncc([N+](=O)[O-])cc1Cl. The Bertz CT molecular complexity index is 379. The minimum absolute atomic E-state index is 0.248. The summed E-state index contributed by atoms with van der Waals surface area (Å²) < 4.78 is 0. The molecular formula is C6H3ClN2O4. The van der Waals surface area contributed by atoms with Crippen LogP contribution in [-0.2, 0) is 0 Å². The molecule has 0 aliphatic rings. The zero-order valence-corrected chi connectivity index (χ0v) is 6.85. The number of aromatic nitrogens is 1. The summed E-state index contributed by atoms with van der Waals surface area (Å²) in [6.07, 6.45) is 0.843. The van der Waals surface area contributed by atoms with Crippen molar-refractivity contribution in [2.45, 2.75) is 0 Å². The molecule has 0 amide bonds. The molecule has 0 saturated heterocycles. The highest BCUT2D eigenvalue weighted by Crippen LogP contribution is 2.19. The quantitative estimate of drug-likeness (QED) is 0.577. The number of halogens is 1. The van der Waals surface area contributed by atoms with Gasteiger partial charge in [0, 0.05) is 6.07 Å². The maximum Gasteiger partial charge on any atom is 0.356 e. The van der Waals surface area contributed by atoms with Crippen LogP contribution in [0.3, 0.4) is 0 Å². The standard InChI is InChI=1S/C6H3ClN2O4/c7-4-1-3(9(12)13)2-8-5(4)6(10)11/h1-2H,(H,10,11). The first-order valence-electron chi connectivity index (χ1n) is 3.05. The zero-order chi connectivity index (χ0) is 10.0. The van der Waals surface area contributed by atoms with E-state index in [0.29, 0.717) is 0 Å². The van der Waals surface area contributed by atoms with Crippen LogP contribution in [0.5, 0.6) is 0 Å². The van der Waals surface area contributed by atoms with Gasteiger partial charge in [0.05, 0.1) is 9.95 Å². The number of rotatable bonds is 2. The maximum absolute atomic E-state index is 10.4. The predicted molar refractivity (Wildman–Crippen MR) is 42.9 cm³/mol. The van der Waals surface area contributed by atoms with Crippen molar-refractivity contribution in [3.8, 4) is 0 Å². The molecular weight excluding hydrogens is 200 g/mol. The fraction of sp³-hybridized carbons (Fsp3) is 0. The van der Waals surface area contributed by atoms with E-state index in [1.54, 1.807) is 0 Å². The molecule has 0 aliphatic carbocycles. The van der Waals surface area contributed by atoms with E-state index in [-0.39, 0.29) is 10.7 Å². The van der Waals surface area contributed by atoms with Crippen LogP contribution < -0.4 is 0 Å². The van der Waals surface area contributed by atoms with Crippen LogP contribution in [0.2, 0.25) is 5.02 Å². The summed E-state index contributed by atoms with van der Waals surface area (Å²) in [7, 11) is 0. The van der Waals surface area contributed by atoms with Crippen molar-refractivity contribution < 1.29 is 14.8 Å². The fourth-order valence-corrected chi connectivity index (χ4v) is 0.926. The van der Waals surface area contributed by atoms with Gasteiger partial charge in [0.25, 0.3) is 5.69 Å². The summed E-state index contributed by atoms with van der Waals surface area (Å²) in [5.74, 6) is -1.32. The average Bonchev–Trinajstić information content (AvgIpc) is 2.03.